The third-order valence-electron chi connectivity index (χ3n) is 6.24. The first-order chi connectivity index (χ1) is 11.7. The lowest BCUT2D eigenvalue weighted by molar-refractivity contribution is -0.946. The van der Waals surface area contributed by atoms with Crippen LogP contribution >= 0.6 is 0 Å². The van der Waals surface area contributed by atoms with Crippen molar-refractivity contribution in [3.63, 3.8) is 0 Å². The van der Waals surface area contributed by atoms with Gasteiger partial charge in [0.1, 0.15) is 39.3 Å². The molecule has 0 amide bonds. The minimum Gasteiger partial charge on any atom is -0.370 e. The monoisotopic (exact) mass is 334 g/mol. The van der Waals surface area contributed by atoms with E-state index in [1.54, 1.807) is 0 Å². The molecule has 0 bridgehead atoms. The molecule has 0 unspecified atom stereocenters. The summed E-state index contributed by atoms with van der Waals surface area (Å²) < 4.78 is 13.5. The first-order valence-corrected chi connectivity index (χ1v) is 9.63. The summed E-state index contributed by atoms with van der Waals surface area (Å²) in [5.41, 5.74) is 2.93. The molecule has 0 radical (unpaired) electrons. The van der Waals surface area contributed by atoms with Gasteiger partial charge in [-0.15, -0.1) is 0 Å². The van der Waals surface area contributed by atoms with Crippen molar-refractivity contribution in [1.29, 1.82) is 0 Å². The highest BCUT2D eigenvalue weighted by Gasteiger charge is 2.30. The Kier molecular flexibility index (Phi) is 5.93. The molecule has 0 aromatic heterocycles. The van der Waals surface area contributed by atoms with Crippen molar-refractivity contribution in [2.24, 2.45) is 0 Å². The first kappa shape index (κ1) is 17.9. The quantitative estimate of drug-likeness (QED) is 0.744. The number of quaternary nitrogens is 2. The molecular formula is C20H34N2O2+2. The Balaban J connectivity index is 1.64. The van der Waals surface area contributed by atoms with Gasteiger partial charge in [-0.1, -0.05) is 24.3 Å². The highest BCUT2D eigenvalue weighted by Crippen LogP contribution is 2.20. The van der Waals surface area contributed by atoms with Gasteiger partial charge in [0, 0.05) is 11.1 Å². The Bertz CT molecular complexity index is 456. The van der Waals surface area contributed by atoms with E-state index in [4.69, 9.17) is 9.47 Å². The van der Waals surface area contributed by atoms with Crippen molar-refractivity contribution < 1.29 is 18.4 Å². The zero-order valence-electron chi connectivity index (χ0n) is 15.5. The van der Waals surface area contributed by atoms with Crippen LogP contribution in [0, 0.1) is 0 Å². The lowest BCUT2D eigenvalue weighted by Gasteiger charge is -2.41. The zero-order chi connectivity index (χ0) is 16.9. The second kappa shape index (κ2) is 7.96. The molecule has 1 aromatic rings. The minimum absolute atomic E-state index is 0.907. The van der Waals surface area contributed by atoms with Crippen LogP contribution in [0.1, 0.15) is 25.0 Å². The number of benzene rings is 1. The summed E-state index contributed by atoms with van der Waals surface area (Å²) in [6.07, 6.45) is 0. The van der Waals surface area contributed by atoms with Crippen LogP contribution in [0.25, 0.3) is 0 Å². The Morgan fingerprint density at radius 1 is 0.667 bits per heavy atom. The molecule has 2 saturated heterocycles. The molecular weight excluding hydrogens is 300 g/mol. The lowest BCUT2D eigenvalue weighted by atomic mass is 10.1. The van der Waals surface area contributed by atoms with Gasteiger partial charge >= 0.3 is 0 Å². The van der Waals surface area contributed by atoms with Gasteiger partial charge in [0.2, 0.25) is 0 Å². The van der Waals surface area contributed by atoms with Crippen molar-refractivity contribution in [3.8, 4) is 0 Å². The molecule has 1 aromatic carbocycles. The molecule has 0 saturated carbocycles. The summed E-state index contributed by atoms with van der Waals surface area (Å²) in [4.78, 5) is 0. The molecule has 24 heavy (non-hydrogen) atoms. The highest BCUT2D eigenvalue weighted by atomic mass is 16.5. The van der Waals surface area contributed by atoms with Crippen molar-refractivity contribution in [2.75, 3.05) is 65.7 Å². The summed E-state index contributed by atoms with van der Waals surface area (Å²) >= 11 is 0. The summed E-state index contributed by atoms with van der Waals surface area (Å²) in [6, 6.07) is 9.42. The van der Waals surface area contributed by atoms with E-state index in [-0.39, 0.29) is 0 Å². The van der Waals surface area contributed by atoms with Gasteiger partial charge in [0.25, 0.3) is 0 Å². The Morgan fingerprint density at radius 3 is 1.29 bits per heavy atom. The van der Waals surface area contributed by atoms with Gasteiger partial charge in [-0.3, -0.25) is 0 Å². The molecule has 0 N–H and O–H groups in total. The van der Waals surface area contributed by atoms with Crippen LogP contribution in [0.4, 0.5) is 0 Å². The van der Waals surface area contributed by atoms with E-state index in [1.807, 2.05) is 0 Å². The molecule has 0 aliphatic carbocycles. The fourth-order valence-corrected chi connectivity index (χ4v) is 4.16. The summed E-state index contributed by atoms with van der Waals surface area (Å²) in [5.74, 6) is 0. The smallest absolute Gasteiger partial charge is 0.104 e. The van der Waals surface area contributed by atoms with Crippen LogP contribution in [0.5, 0.6) is 0 Å². The van der Waals surface area contributed by atoms with Gasteiger partial charge in [0.05, 0.1) is 39.5 Å². The molecule has 2 heterocycles. The van der Waals surface area contributed by atoms with Gasteiger partial charge < -0.3 is 18.4 Å². The summed E-state index contributed by atoms with van der Waals surface area (Å²) in [7, 11) is 0. The van der Waals surface area contributed by atoms with Crippen LogP contribution in [0.3, 0.4) is 0 Å². The minimum atomic E-state index is 0.907. The molecule has 4 heteroatoms. The third kappa shape index (κ3) is 4.17. The van der Waals surface area contributed by atoms with Gasteiger partial charge in [-0.25, -0.2) is 0 Å². The van der Waals surface area contributed by atoms with E-state index >= 15 is 0 Å². The number of likely N-dealkylation sites (N-methyl/N-ethyl adjacent to an activating group) is 2. The number of hydrogen-bond acceptors (Lipinski definition) is 2. The molecule has 0 atom stereocenters. The van der Waals surface area contributed by atoms with E-state index in [9.17, 15) is 0 Å². The van der Waals surface area contributed by atoms with E-state index in [0.29, 0.717) is 0 Å². The molecule has 2 aliphatic heterocycles. The van der Waals surface area contributed by atoms with Crippen LogP contribution < -0.4 is 0 Å². The van der Waals surface area contributed by atoms with E-state index in [1.165, 1.54) is 33.2 Å². The first-order valence-electron chi connectivity index (χ1n) is 9.63. The fraction of sp³-hybridized carbons (Fsp3) is 0.700. The average molecular weight is 335 g/mol. The topological polar surface area (TPSA) is 18.5 Å². The van der Waals surface area contributed by atoms with Crippen molar-refractivity contribution in [1.82, 2.24) is 0 Å². The lowest BCUT2D eigenvalue weighted by Crippen LogP contribution is -2.54. The van der Waals surface area contributed by atoms with Crippen molar-refractivity contribution in [2.45, 2.75) is 26.9 Å². The maximum Gasteiger partial charge on any atom is 0.104 e. The number of nitrogens with zero attached hydrogens (tertiary/aromatic N) is 2. The van der Waals surface area contributed by atoms with Gasteiger partial charge in [-0.2, -0.15) is 0 Å². The van der Waals surface area contributed by atoms with Crippen LogP contribution in [0.2, 0.25) is 0 Å². The van der Waals surface area contributed by atoms with Crippen LogP contribution in [-0.4, -0.2) is 74.7 Å². The largest absolute Gasteiger partial charge is 0.370 e. The predicted octanol–water partition coefficient (Wildman–Crippen LogP) is 2.42. The van der Waals surface area contributed by atoms with Crippen LogP contribution in [0.15, 0.2) is 24.3 Å². The summed E-state index contributed by atoms with van der Waals surface area (Å²) in [6.45, 7) is 17.5. The SMILES string of the molecule is CC[N+]1(Cc2ccc(C[N+]3(CC)CCOCC3)cc2)CCOCC1. The van der Waals surface area contributed by atoms with E-state index in [0.717, 1.165) is 65.7 Å². The fourth-order valence-electron chi connectivity index (χ4n) is 4.16. The van der Waals surface area contributed by atoms with Crippen molar-refractivity contribution >= 4 is 0 Å². The molecule has 2 fully saturated rings. The maximum atomic E-state index is 5.56. The predicted molar refractivity (Wildman–Crippen MR) is 96.6 cm³/mol. The average Bonchev–Trinajstić information content (AvgIpc) is 2.65. The normalized spacial score (nSPS) is 23.1. The number of hydrogen-bond donors (Lipinski definition) is 0. The summed E-state index contributed by atoms with van der Waals surface area (Å²) in [5, 5.41) is 0. The third-order valence-corrected chi connectivity index (χ3v) is 6.24. The molecule has 134 valence electrons. The standard InChI is InChI=1S/C20H34N2O2/c1-3-21(9-13-23-14-10-21)17-19-5-7-20(8-6-19)18-22(4-2)11-15-24-16-12-22/h5-8H,3-4,9-18H2,1-2H3/q+2. The molecule has 3 rings (SSSR count). The number of rotatable bonds is 6. The van der Waals surface area contributed by atoms with Crippen LogP contribution in [-0.2, 0) is 22.6 Å². The molecule has 4 nitrogen and oxygen atoms in total. The Labute approximate surface area is 147 Å². The number of morpholine rings is 2. The molecule has 2 aliphatic rings. The highest BCUT2D eigenvalue weighted by molar-refractivity contribution is 5.21. The molecule has 0 spiro atoms. The number of ether oxygens (including phenoxy) is 2. The second-order valence-corrected chi connectivity index (χ2v) is 7.57. The Morgan fingerprint density at radius 2 is 1.00 bits per heavy atom. The Hall–Kier alpha value is -0.940. The van der Waals surface area contributed by atoms with Crippen molar-refractivity contribution in [3.05, 3.63) is 35.4 Å². The maximum absolute atomic E-state index is 5.56. The second-order valence-electron chi connectivity index (χ2n) is 7.57. The van der Waals surface area contributed by atoms with E-state index < -0.39 is 0 Å². The van der Waals surface area contributed by atoms with E-state index in [2.05, 4.69) is 38.1 Å². The van der Waals surface area contributed by atoms with Gasteiger partial charge in [0.15, 0.2) is 0 Å². The zero-order valence-corrected chi connectivity index (χ0v) is 15.5. The van der Waals surface area contributed by atoms with Gasteiger partial charge in [-0.05, 0) is 13.8 Å².